The molecular formula is C20H31N3O4S. The Bertz CT molecular complexity index is 788. The van der Waals surface area contributed by atoms with E-state index >= 15 is 0 Å². The predicted molar refractivity (Wildman–Crippen MR) is 107 cm³/mol. The van der Waals surface area contributed by atoms with Crippen molar-refractivity contribution in [2.75, 3.05) is 39.4 Å². The molecule has 1 amide bonds. The van der Waals surface area contributed by atoms with Gasteiger partial charge in [-0.25, -0.2) is 8.42 Å². The van der Waals surface area contributed by atoms with Crippen LogP contribution in [0.5, 0.6) is 0 Å². The number of nitrogens with zero attached hydrogens (tertiary/aromatic N) is 3. The van der Waals surface area contributed by atoms with Gasteiger partial charge in [0.25, 0.3) is 0 Å². The van der Waals surface area contributed by atoms with Crippen molar-refractivity contribution in [1.82, 2.24) is 14.1 Å². The summed E-state index contributed by atoms with van der Waals surface area (Å²) in [7, 11) is -3.68. The Morgan fingerprint density at radius 2 is 1.79 bits per heavy atom. The first-order valence-electron chi connectivity index (χ1n) is 9.91. The lowest BCUT2D eigenvalue weighted by Gasteiger charge is -2.35. The molecule has 0 saturated carbocycles. The van der Waals surface area contributed by atoms with Gasteiger partial charge in [0.1, 0.15) is 6.17 Å². The Balaban J connectivity index is 1.85. The van der Waals surface area contributed by atoms with Crippen molar-refractivity contribution in [1.29, 1.82) is 0 Å². The number of benzene rings is 1. The number of rotatable bonds is 5. The van der Waals surface area contributed by atoms with Crippen molar-refractivity contribution in [2.24, 2.45) is 5.92 Å². The summed E-state index contributed by atoms with van der Waals surface area (Å²) in [5.74, 6) is -0.0338. The molecule has 2 heterocycles. The first-order valence-corrected chi connectivity index (χ1v) is 11.4. The topological polar surface area (TPSA) is 70.2 Å². The van der Waals surface area contributed by atoms with Crippen LogP contribution in [0, 0.1) is 12.8 Å². The lowest BCUT2D eigenvalue weighted by molar-refractivity contribution is -0.137. The molecule has 2 aliphatic rings. The molecule has 1 aromatic rings. The molecular weight excluding hydrogens is 378 g/mol. The second-order valence-corrected chi connectivity index (χ2v) is 9.97. The summed E-state index contributed by atoms with van der Waals surface area (Å²) in [5.41, 5.74) is 1.01. The normalized spacial score (nSPS) is 24.8. The van der Waals surface area contributed by atoms with Crippen LogP contribution in [-0.2, 0) is 19.6 Å². The molecule has 2 fully saturated rings. The van der Waals surface area contributed by atoms with Gasteiger partial charge in [-0.1, -0.05) is 31.5 Å². The highest BCUT2D eigenvalue weighted by Crippen LogP contribution is 2.32. The highest BCUT2D eigenvalue weighted by atomic mass is 32.2. The number of sulfonamides is 1. The molecule has 156 valence electrons. The highest BCUT2D eigenvalue weighted by Gasteiger charge is 2.47. The lowest BCUT2D eigenvalue weighted by atomic mass is 10.1. The highest BCUT2D eigenvalue weighted by molar-refractivity contribution is 7.89. The maximum absolute atomic E-state index is 13.3. The van der Waals surface area contributed by atoms with E-state index in [-0.39, 0.29) is 22.8 Å². The van der Waals surface area contributed by atoms with Crippen LogP contribution in [-0.4, -0.2) is 80.0 Å². The lowest BCUT2D eigenvalue weighted by Crippen LogP contribution is -2.52. The van der Waals surface area contributed by atoms with E-state index in [1.807, 2.05) is 27.7 Å². The second-order valence-electron chi connectivity index (χ2n) is 8.08. The molecule has 0 radical (unpaired) electrons. The van der Waals surface area contributed by atoms with Gasteiger partial charge in [-0.05, 0) is 31.9 Å². The second kappa shape index (κ2) is 8.49. The zero-order chi connectivity index (χ0) is 20.5. The number of hydrogen-bond acceptors (Lipinski definition) is 5. The third-order valence-corrected chi connectivity index (χ3v) is 7.32. The average molecular weight is 410 g/mol. The van der Waals surface area contributed by atoms with Crippen LogP contribution in [0.15, 0.2) is 29.2 Å². The summed E-state index contributed by atoms with van der Waals surface area (Å²) in [6.45, 7) is 11.1. The molecule has 0 aromatic heterocycles. The van der Waals surface area contributed by atoms with E-state index < -0.39 is 16.2 Å². The maximum Gasteiger partial charge on any atom is 0.244 e. The number of amides is 1. The Labute approximate surface area is 168 Å². The molecule has 2 atom stereocenters. The first kappa shape index (κ1) is 21.2. The summed E-state index contributed by atoms with van der Waals surface area (Å²) >= 11 is 0. The monoisotopic (exact) mass is 409 g/mol. The SMILES string of the molecule is Cc1ccc(S(=O)(=O)N2C[C@H](C)N(C(=O)CN3CCOCC3)[C@H]2C(C)C)cc1. The molecule has 0 aliphatic carbocycles. The van der Waals surface area contributed by atoms with E-state index in [9.17, 15) is 13.2 Å². The third kappa shape index (κ3) is 4.25. The Hall–Kier alpha value is -1.48. The molecule has 2 saturated heterocycles. The Morgan fingerprint density at radius 1 is 1.18 bits per heavy atom. The van der Waals surface area contributed by atoms with Crippen LogP contribution in [0.1, 0.15) is 26.3 Å². The number of morpholine rings is 1. The summed E-state index contributed by atoms with van der Waals surface area (Å²) < 4.78 is 33.5. The van der Waals surface area contributed by atoms with Gasteiger partial charge >= 0.3 is 0 Å². The Morgan fingerprint density at radius 3 is 2.36 bits per heavy atom. The minimum absolute atomic E-state index is 0.0150. The number of aryl methyl sites for hydroxylation is 1. The molecule has 0 spiro atoms. The predicted octanol–water partition coefficient (Wildman–Crippen LogP) is 1.53. The molecule has 0 N–H and O–H groups in total. The van der Waals surface area contributed by atoms with E-state index in [4.69, 9.17) is 4.74 Å². The number of carbonyl (C=O) groups excluding carboxylic acids is 1. The minimum Gasteiger partial charge on any atom is -0.379 e. The maximum atomic E-state index is 13.3. The molecule has 1 aromatic carbocycles. The molecule has 2 aliphatic heterocycles. The van der Waals surface area contributed by atoms with Crippen molar-refractivity contribution >= 4 is 15.9 Å². The smallest absolute Gasteiger partial charge is 0.244 e. The third-order valence-electron chi connectivity index (χ3n) is 5.47. The van der Waals surface area contributed by atoms with E-state index in [0.717, 1.165) is 18.7 Å². The van der Waals surface area contributed by atoms with Crippen LogP contribution in [0.25, 0.3) is 0 Å². The summed E-state index contributed by atoms with van der Waals surface area (Å²) in [6.07, 6.45) is -0.477. The average Bonchev–Trinajstić information content (AvgIpc) is 3.01. The van der Waals surface area contributed by atoms with Gasteiger partial charge < -0.3 is 9.64 Å². The van der Waals surface area contributed by atoms with E-state index in [2.05, 4.69) is 4.90 Å². The van der Waals surface area contributed by atoms with Crippen LogP contribution in [0.2, 0.25) is 0 Å². The minimum atomic E-state index is -3.68. The molecule has 28 heavy (non-hydrogen) atoms. The van der Waals surface area contributed by atoms with Crippen molar-refractivity contribution < 1.29 is 17.9 Å². The van der Waals surface area contributed by atoms with E-state index in [1.54, 1.807) is 29.2 Å². The standard InChI is InChI=1S/C20H31N3O4S/c1-15(2)20-22(28(25,26)18-7-5-16(3)6-8-18)13-17(4)23(20)19(24)14-21-9-11-27-12-10-21/h5-8,15,17,20H,9-14H2,1-4H3/t17-,20-/m0/s1. The van der Waals surface area contributed by atoms with Gasteiger partial charge in [0.2, 0.25) is 15.9 Å². The quantitative estimate of drug-likeness (QED) is 0.738. The van der Waals surface area contributed by atoms with Gasteiger partial charge in [0.15, 0.2) is 0 Å². The molecule has 8 heteroatoms. The van der Waals surface area contributed by atoms with E-state index in [1.165, 1.54) is 4.31 Å². The van der Waals surface area contributed by atoms with Crippen molar-refractivity contribution in [3.05, 3.63) is 29.8 Å². The van der Waals surface area contributed by atoms with Crippen molar-refractivity contribution in [2.45, 2.75) is 44.8 Å². The largest absolute Gasteiger partial charge is 0.379 e. The Kier molecular flexibility index (Phi) is 6.44. The molecule has 3 rings (SSSR count). The molecule has 0 unspecified atom stereocenters. The van der Waals surface area contributed by atoms with Crippen molar-refractivity contribution in [3.63, 3.8) is 0 Å². The number of ether oxygens (including phenoxy) is 1. The van der Waals surface area contributed by atoms with Gasteiger partial charge in [0, 0.05) is 25.7 Å². The summed E-state index contributed by atoms with van der Waals surface area (Å²) in [5, 5.41) is 0. The van der Waals surface area contributed by atoms with Crippen molar-refractivity contribution in [3.8, 4) is 0 Å². The molecule has 0 bridgehead atoms. The van der Waals surface area contributed by atoms with Crippen LogP contribution < -0.4 is 0 Å². The van der Waals surface area contributed by atoms with Crippen LogP contribution in [0.3, 0.4) is 0 Å². The van der Waals surface area contributed by atoms with E-state index in [0.29, 0.717) is 26.3 Å². The number of hydrogen-bond donors (Lipinski definition) is 0. The fourth-order valence-corrected chi connectivity index (χ4v) is 5.81. The van der Waals surface area contributed by atoms with Gasteiger partial charge in [0.05, 0.1) is 24.7 Å². The van der Waals surface area contributed by atoms with Crippen LogP contribution >= 0.6 is 0 Å². The summed E-state index contributed by atoms with van der Waals surface area (Å²) in [4.78, 5) is 17.2. The van der Waals surface area contributed by atoms with Gasteiger partial charge in [-0.15, -0.1) is 0 Å². The van der Waals surface area contributed by atoms with Crippen LogP contribution in [0.4, 0.5) is 0 Å². The molecule has 7 nitrogen and oxygen atoms in total. The fourth-order valence-electron chi connectivity index (χ4n) is 4.02. The zero-order valence-corrected chi connectivity index (χ0v) is 18.0. The fraction of sp³-hybridized carbons (Fsp3) is 0.650. The van der Waals surface area contributed by atoms with Gasteiger partial charge in [-0.2, -0.15) is 4.31 Å². The van der Waals surface area contributed by atoms with Gasteiger partial charge in [-0.3, -0.25) is 9.69 Å². The summed E-state index contributed by atoms with van der Waals surface area (Å²) in [6, 6.07) is 6.73. The first-order chi connectivity index (χ1) is 13.2. The number of carbonyl (C=O) groups is 1. The zero-order valence-electron chi connectivity index (χ0n) is 17.2.